The van der Waals surface area contributed by atoms with Crippen LogP contribution in [0.15, 0.2) is 29.2 Å². The highest BCUT2D eigenvalue weighted by molar-refractivity contribution is 7.97. The summed E-state index contributed by atoms with van der Waals surface area (Å²) in [4.78, 5) is 12.8. The molecule has 0 spiro atoms. The monoisotopic (exact) mass is 280 g/mol. The van der Waals surface area contributed by atoms with E-state index < -0.39 is 0 Å². The maximum atomic E-state index is 11.8. The van der Waals surface area contributed by atoms with E-state index in [1.165, 1.54) is 44.1 Å². The van der Waals surface area contributed by atoms with Gasteiger partial charge in [-0.15, -0.1) is 0 Å². The lowest BCUT2D eigenvalue weighted by Crippen LogP contribution is -2.24. The molecule has 0 aliphatic heterocycles. The first-order valence-corrected chi connectivity index (χ1v) is 7.91. The van der Waals surface area contributed by atoms with Crippen LogP contribution in [0.3, 0.4) is 0 Å². The minimum Gasteiger partial charge on any atom is -0.352 e. The number of carbonyl (C=O) groups is 1. The second-order valence-corrected chi connectivity index (χ2v) is 5.37. The third kappa shape index (κ3) is 6.64. The minimum absolute atomic E-state index is 0.00197. The zero-order valence-electron chi connectivity index (χ0n) is 11.7. The predicted octanol–water partition coefficient (Wildman–Crippen LogP) is 3.74. The van der Waals surface area contributed by atoms with Crippen LogP contribution in [0.4, 0.5) is 0 Å². The van der Waals surface area contributed by atoms with Gasteiger partial charge in [-0.25, -0.2) is 0 Å². The van der Waals surface area contributed by atoms with Gasteiger partial charge in [-0.2, -0.15) is 0 Å². The molecule has 0 bridgehead atoms. The number of amides is 1. The molecule has 0 saturated heterocycles. The molecule has 0 fully saturated rings. The van der Waals surface area contributed by atoms with Crippen LogP contribution in [0.2, 0.25) is 0 Å². The molecule has 3 N–H and O–H groups in total. The van der Waals surface area contributed by atoms with E-state index in [2.05, 4.69) is 12.2 Å². The predicted molar refractivity (Wildman–Crippen MR) is 82.2 cm³/mol. The van der Waals surface area contributed by atoms with Gasteiger partial charge >= 0.3 is 0 Å². The highest BCUT2D eigenvalue weighted by atomic mass is 32.2. The Hall–Kier alpha value is -1.00. The first kappa shape index (κ1) is 16.1. The largest absolute Gasteiger partial charge is 0.352 e. The number of nitrogens with one attached hydrogen (secondary N) is 1. The van der Waals surface area contributed by atoms with Gasteiger partial charge in [-0.3, -0.25) is 9.93 Å². The Balaban J connectivity index is 2.16. The molecule has 0 atom stereocenters. The first-order chi connectivity index (χ1) is 9.27. The molecule has 3 nitrogen and oxygen atoms in total. The molecule has 106 valence electrons. The summed E-state index contributed by atoms with van der Waals surface area (Å²) in [6.07, 6.45) is 7.43. The Kier molecular flexibility index (Phi) is 8.34. The van der Waals surface area contributed by atoms with Crippen molar-refractivity contribution in [3.8, 4) is 0 Å². The van der Waals surface area contributed by atoms with Crippen molar-refractivity contribution in [3.63, 3.8) is 0 Å². The van der Waals surface area contributed by atoms with Crippen LogP contribution in [-0.2, 0) is 0 Å². The Bertz CT molecular complexity index is 365. The average molecular weight is 280 g/mol. The molecule has 1 amide bonds. The topological polar surface area (TPSA) is 55.1 Å². The Morgan fingerprint density at radius 3 is 2.37 bits per heavy atom. The van der Waals surface area contributed by atoms with Crippen molar-refractivity contribution >= 4 is 17.9 Å². The van der Waals surface area contributed by atoms with Crippen molar-refractivity contribution in [2.45, 2.75) is 50.3 Å². The molecule has 0 unspecified atom stereocenters. The van der Waals surface area contributed by atoms with Gasteiger partial charge in [0.1, 0.15) is 0 Å². The number of hydrogen-bond acceptors (Lipinski definition) is 3. The highest BCUT2D eigenvalue weighted by Gasteiger charge is 2.04. The Labute approximate surface area is 120 Å². The van der Waals surface area contributed by atoms with Gasteiger partial charge in [0.2, 0.25) is 0 Å². The van der Waals surface area contributed by atoms with Crippen LogP contribution in [-0.4, -0.2) is 12.5 Å². The van der Waals surface area contributed by atoms with Crippen molar-refractivity contribution in [2.24, 2.45) is 5.14 Å². The van der Waals surface area contributed by atoms with E-state index in [4.69, 9.17) is 5.14 Å². The van der Waals surface area contributed by atoms with Crippen molar-refractivity contribution < 1.29 is 4.79 Å². The summed E-state index contributed by atoms with van der Waals surface area (Å²) in [6, 6.07) is 7.35. The van der Waals surface area contributed by atoms with E-state index in [1.807, 2.05) is 24.3 Å². The Morgan fingerprint density at radius 2 is 1.74 bits per heavy atom. The Morgan fingerprint density at radius 1 is 1.11 bits per heavy atom. The third-order valence-corrected chi connectivity index (χ3v) is 3.61. The maximum Gasteiger partial charge on any atom is 0.251 e. The van der Waals surface area contributed by atoms with E-state index in [9.17, 15) is 4.79 Å². The molecule has 19 heavy (non-hydrogen) atoms. The summed E-state index contributed by atoms with van der Waals surface area (Å²) < 4.78 is 0. The van der Waals surface area contributed by atoms with Gasteiger partial charge in [0.05, 0.1) is 0 Å². The molecule has 0 aliphatic rings. The lowest BCUT2D eigenvalue weighted by Gasteiger charge is -2.05. The number of unbranched alkanes of at least 4 members (excludes halogenated alkanes) is 5. The van der Waals surface area contributed by atoms with Crippen LogP contribution >= 0.6 is 11.9 Å². The number of carbonyl (C=O) groups excluding carboxylic acids is 1. The quantitative estimate of drug-likeness (QED) is 0.535. The second-order valence-electron chi connectivity index (χ2n) is 4.67. The summed E-state index contributed by atoms with van der Waals surface area (Å²) in [6.45, 7) is 2.98. The van der Waals surface area contributed by atoms with Crippen LogP contribution in [0, 0.1) is 0 Å². The molecular weight excluding hydrogens is 256 g/mol. The van der Waals surface area contributed by atoms with Crippen molar-refractivity contribution in [2.75, 3.05) is 6.54 Å². The molecule has 0 aromatic heterocycles. The van der Waals surface area contributed by atoms with Crippen LogP contribution in [0.25, 0.3) is 0 Å². The second kappa shape index (κ2) is 9.87. The van der Waals surface area contributed by atoms with Crippen LogP contribution in [0.5, 0.6) is 0 Å². The summed E-state index contributed by atoms with van der Waals surface area (Å²) in [7, 11) is 0. The average Bonchev–Trinajstić information content (AvgIpc) is 2.46. The van der Waals surface area contributed by atoms with Crippen LogP contribution in [0.1, 0.15) is 55.8 Å². The van der Waals surface area contributed by atoms with Gasteiger partial charge in [-0.05, 0) is 42.6 Å². The molecule has 1 aromatic rings. The smallest absolute Gasteiger partial charge is 0.251 e. The molecular formula is C15H24N2OS. The van der Waals surface area contributed by atoms with Gasteiger partial charge < -0.3 is 5.32 Å². The SMILES string of the molecule is CCCCCCCCNC(=O)c1ccc(SN)cc1. The maximum absolute atomic E-state index is 11.8. The van der Waals surface area contributed by atoms with E-state index >= 15 is 0 Å². The van der Waals surface area contributed by atoms with E-state index in [0.29, 0.717) is 5.56 Å². The van der Waals surface area contributed by atoms with Crippen molar-refractivity contribution in [1.29, 1.82) is 0 Å². The summed E-state index contributed by atoms with van der Waals surface area (Å²) in [5.41, 5.74) is 0.698. The number of benzene rings is 1. The zero-order valence-corrected chi connectivity index (χ0v) is 12.5. The summed E-state index contributed by atoms with van der Waals surface area (Å²) in [5, 5.41) is 8.39. The molecule has 1 aromatic carbocycles. The molecule has 4 heteroatoms. The summed E-state index contributed by atoms with van der Waals surface area (Å²) >= 11 is 1.19. The fourth-order valence-corrected chi connectivity index (χ4v) is 2.19. The minimum atomic E-state index is 0.00197. The van der Waals surface area contributed by atoms with Crippen molar-refractivity contribution in [3.05, 3.63) is 29.8 Å². The number of hydrogen-bond donors (Lipinski definition) is 2. The van der Waals surface area contributed by atoms with E-state index in [1.54, 1.807) is 0 Å². The highest BCUT2D eigenvalue weighted by Crippen LogP contribution is 2.12. The molecule has 0 radical (unpaired) electrons. The van der Waals surface area contributed by atoms with Gasteiger partial charge in [0.15, 0.2) is 0 Å². The lowest BCUT2D eigenvalue weighted by molar-refractivity contribution is 0.0953. The summed E-state index contributed by atoms with van der Waals surface area (Å²) in [5.74, 6) is 0.00197. The first-order valence-electron chi connectivity index (χ1n) is 7.03. The van der Waals surface area contributed by atoms with E-state index in [0.717, 1.165) is 17.9 Å². The lowest BCUT2D eigenvalue weighted by atomic mass is 10.1. The molecule has 0 heterocycles. The third-order valence-electron chi connectivity index (χ3n) is 3.07. The van der Waals surface area contributed by atoms with Crippen molar-refractivity contribution in [1.82, 2.24) is 5.32 Å². The zero-order chi connectivity index (χ0) is 13.9. The normalized spacial score (nSPS) is 10.4. The van der Waals surface area contributed by atoms with E-state index in [-0.39, 0.29) is 5.91 Å². The fraction of sp³-hybridized carbons (Fsp3) is 0.533. The van der Waals surface area contributed by atoms with Gasteiger partial charge in [0.25, 0.3) is 5.91 Å². The van der Waals surface area contributed by atoms with Crippen LogP contribution < -0.4 is 10.5 Å². The molecule has 0 saturated carbocycles. The standard InChI is InChI=1S/C15H24N2OS/c1-2-3-4-5-6-7-12-17-15(18)13-8-10-14(19-16)11-9-13/h8-11H,2-7,12,16H2,1H3,(H,17,18). The fourth-order valence-electron chi connectivity index (χ4n) is 1.89. The molecule has 1 rings (SSSR count). The number of nitrogens with two attached hydrogens (primary N) is 1. The number of rotatable bonds is 9. The van der Waals surface area contributed by atoms with Gasteiger partial charge in [-0.1, -0.05) is 39.0 Å². The molecule has 0 aliphatic carbocycles. The van der Waals surface area contributed by atoms with Gasteiger partial charge in [0, 0.05) is 17.0 Å².